The molecule has 0 saturated carbocycles. The monoisotopic (exact) mass is 348 g/mol. The topological polar surface area (TPSA) is 98.9 Å². The third kappa shape index (κ3) is 3.88. The van der Waals surface area contributed by atoms with E-state index in [9.17, 15) is 15.2 Å². The van der Waals surface area contributed by atoms with Gasteiger partial charge in [-0.15, -0.1) is 10.2 Å². The Hall–Kier alpha value is -3.50. The van der Waals surface area contributed by atoms with Gasteiger partial charge in [0.2, 0.25) is 5.13 Å². The number of hydrogen-bond acceptors (Lipinski definition) is 6. The van der Waals surface area contributed by atoms with Gasteiger partial charge in [-0.25, -0.2) is 0 Å². The summed E-state index contributed by atoms with van der Waals surface area (Å²) in [7, 11) is 0. The molecule has 0 aliphatic rings. The van der Waals surface area contributed by atoms with Crippen LogP contribution in [-0.4, -0.2) is 21.2 Å². The number of para-hydroxylation sites is 1. The van der Waals surface area contributed by atoms with Gasteiger partial charge in [-0.2, -0.15) is 5.26 Å². The van der Waals surface area contributed by atoms with Crippen molar-refractivity contribution in [1.82, 2.24) is 10.2 Å². The number of allylic oxidation sites excluding steroid dienone is 1. The van der Waals surface area contributed by atoms with Gasteiger partial charge in [0.15, 0.2) is 5.01 Å². The zero-order valence-electron chi connectivity index (χ0n) is 12.9. The molecule has 0 atom stereocenters. The second-order valence-corrected chi connectivity index (χ2v) is 5.94. The average molecular weight is 348 g/mol. The number of aromatic nitrogens is 2. The Kier molecular flexibility index (Phi) is 4.83. The highest BCUT2D eigenvalue weighted by Gasteiger charge is 2.13. The van der Waals surface area contributed by atoms with Crippen molar-refractivity contribution in [3.05, 3.63) is 70.7 Å². The maximum atomic E-state index is 12.1. The number of hydrogen-bond donors (Lipinski definition) is 2. The van der Waals surface area contributed by atoms with Crippen molar-refractivity contribution >= 4 is 34.0 Å². The van der Waals surface area contributed by atoms with Gasteiger partial charge in [-0.05, 0) is 24.3 Å². The fraction of sp³-hybridized carbons (Fsp3) is 0. The van der Waals surface area contributed by atoms with Gasteiger partial charge in [0.05, 0.1) is 5.57 Å². The van der Waals surface area contributed by atoms with Crippen molar-refractivity contribution < 1.29 is 9.90 Å². The molecule has 25 heavy (non-hydrogen) atoms. The van der Waals surface area contributed by atoms with E-state index in [1.807, 2.05) is 12.1 Å². The first-order chi connectivity index (χ1) is 12.2. The number of nitrogens with one attached hydrogen (secondary N) is 1. The number of carbonyl (C=O) groups excluding carboxylic acids is 1. The molecule has 2 N–H and O–H groups in total. The van der Waals surface area contributed by atoms with Crippen molar-refractivity contribution in [2.24, 2.45) is 0 Å². The van der Waals surface area contributed by atoms with Crippen molar-refractivity contribution in [2.75, 3.05) is 5.32 Å². The molecule has 0 spiro atoms. The van der Waals surface area contributed by atoms with Crippen molar-refractivity contribution in [3.63, 3.8) is 0 Å². The van der Waals surface area contributed by atoms with E-state index in [2.05, 4.69) is 15.5 Å². The fourth-order valence-electron chi connectivity index (χ4n) is 2.05. The number of nitrogens with zero attached hydrogens (tertiary/aromatic N) is 3. The number of phenolic OH excluding ortho intramolecular Hbond substituents is 1. The Morgan fingerprint density at radius 1 is 1.12 bits per heavy atom. The molecule has 0 unspecified atom stereocenters. The summed E-state index contributed by atoms with van der Waals surface area (Å²) in [4.78, 5) is 12.1. The largest absolute Gasteiger partial charge is 0.507 e. The summed E-state index contributed by atoms with van der Waals surface area (Å²) in [6, 6.07) is 17.4. The lowest BCUT2D eigenvalue weighted by atomic mass is 10.1. The second kappa shape index (κ2) is 7.38. The van der Waals surface area contributed by atoms with Gasteiger partial charge >= 0.3 is 0 Å². The van der Waals surface area contributed by atoms with Gasteiger partial charge in [-0.3, -0.25) is 10.1 Å². The molecule has 0 bridgehead atoms. The zero-order valence-corrected chi connectivity index (χ0v) is 13.7. The minimum Gasteiger partial charge on any atom is -0.507 e. The number of anilines is 1. The number of phenols is 1. The predicted octanol–water partition coefficient (Wildman–Crippen LogP) is 3.56. The first-order valence-electron chi connectivity index (χ1n) is 7.27. The maximum Gasteiger partial charge on any atom is 0.257 e. The van der Waals surface area contributed by atoms with E-state index >= 15 is 0 Å². The molecule has 1 heterocycles. The Labute approximate surface area is 147 Å². The van der Waals surface area contributed by atoms with E-state index in [4.69, 9.17) is 0 Å². The zero-order chi connectivity index (χ0) is 17.6. The molecule has 6 nitrogen and oxygen atoms in total. The molecule has 3 rings (SSSR count). The molecule has 0 fully saturated rings. The normalized spacial score (nSPS) is 10.9. The van der Waals surface area contributed by atoms with Gasteiger partial charge in [0.1, 0.15) is 11.8 Å². The van der Waals surface area contributed by atoms with Crippen LogP contribution < -0.4 is 5.32 Å². The van der Waals surface area contributed by atoms with E-state index in [-0.39, 0.29) is 17.2 Å². The van der Waals surface area contributed by atoms with Crippen LogP contribution in [0.4, 0.5) is 5.13 Å². The Morgan fingerprint density at radius 3 is 2.56 bits per heavy atom. The van der Waals surface area contributed by atoms with Crippen LogP contribution in [0.3, 0.4) is 0 Å². The molecule has 2 aromatic carbocycles. The van der Waals surface area contributed by atoms with Gasteiger partial charge in [0, 0.05) is 11.1 Å². The number of amides is 1. The molecule has 0 aliphatic heterocycles. The number of aromatic hydroxyl groups is 1. The second-order valence-electron chi connectivity index (χ2n) is 4.96. The molecular weight excluding hydrogens is 336 g/mol. The molecule has 3 aromatic rings. The maximum absolute atomic E-state index is 12.1. The highest BCUT2D eigenvalue weighted by Crippen LogP contribution is 2.27. The molecule has 0 radical (unpaired) electrons. The summed E-state index contributed by atoms with van der Waals surface area (Å²) < 4.78 is 0. The number of benzene rings is 2. The Balaban J connectivity index is 1.82. The number of rotatable bonds is 4. The van der Waals surface area contributed by atoms with E-state index in [0.717, 1.165) is 11.3 Å². The molecule has 1 aromatic heterocycles. The quantitative estimate of drug-likeness (QED) is 0.702. The van der Waals surface area contributed by atoms with Crippen LogP contribution in [0.1, 0.15) is 20.9 Å². The minimum absolute atomic E-state index is 0.0670. The highest BCUT2D eigenvalue weighted by molar-refractivity contribution is 7.16. The van der Waals surface area contributed by atoms with Crippen molar-refractivity contribution in [2.45, 2.75) is 0 Å². The predicted molar refractivity (Wildman–Crippen MR) is 95.9 cm³/mol. The Morgan fingerprint density at radius 2 is 1.84 bits per heavy atom. The lowest BCUT2D eigenvalue weighted by Crippen LogP contribution is -2.11. The number of carbonyl (C=O) groups is 1. The van der Waals surface area contributed by atoms with E-state index in [1.165, 1.54) is 12.1 Å². The molecule has 0 saturated heterocycles. The third-order valence-corrected chi connectivity index (χ3v) is 4.14. The average Bonchev–Trinajstić information content (AvgIpc) is 3.10. The van der Waals surface area contributed by atoms with Gasteiger partial charge < -0.3 is 5.11 Å². The van der Waals surface area contributed by atoms with Crippen LogP contribution in [0.15, 0.2) is 54.6 Å². The SMILES string of the molecule is N#C/C(=C\c1ccccc1O)c1nnc(NC(=O)c2ccccc2)s1. The third-order valence-electron chi connectivity index (χ3n) is 3.27. The lowest BCUT2D eigenvalue weighted by molar-refractivity contribution is 0.102. The summed E-state index contributed by atoms with van der Waals surface area (Å²) in [6.45, 7) is 0. The molecule has 0 aliphatic carbocycles. The molecule has 1 amide bonds. The van der Waals surface area contributed by atoms with Crippen LogP contribution in [-0.2, 0) is 0 Å². The van der Waals surface area contributed by atoms with E-state index < -0.39 is 0 Å². The smallest absolute Gasteiger partial charge is 0.257 e. The molecule has 122 valence electrons. The Bertz CT molecular complexity index is 974. The molecule has 7 heteroatoms. The molecular formula is C18H12N4O2S. The number of nitriles is 1. The summed E-state index contributed by atoms with van der Waals surface area (Å²) in [5.74, 6) is -0.233. The standard InChI is InChI=1S/C18H12N4O2S/c19-11-14(10-13-8-4-5-9-15(13)23)17-21-22-18(25-17)20-16(24)12-6-2-1-3-7-12/h1-10,23H,(H,20,22,24)/b14-10+. The van der Waals surface area contributed by atoms with Crippen LogP contribution in [0.2, 0.25) is 0 Å². The highest BCUT2D eigenvalue weighted by atomic mass is 32.1. The summed E-state index contributed by atoms with van der Waals surface area (Å²) in [5.41, 5.74) is 1.26. The van der Waals surface area contributed by atoms with Gasteiger partial charge in [0.25, 0.3) is 5.91 Å². The summed E-state index contributed by atoms with van der Waals surface area (Å²) >= 11 is 1.09. The van der Waals surface area contributed by atoms with E-state index in [0.29, 0.717) is 21.3 Å². The summed E-state index contributed by atoms with van der Waals surface area (Å²) in [6.07, 6.45) is 1.53. The van der Waals surface area contributed by atoms with Crippen LogP contribution in [0.25, 0.3) is 11.6 Å². The minimum atomic E-state index is -0.300. The van der Waals surface area contributed by atoms with Crippen molar-refractivity contribution in [1.29, 1.82) is 5.26 Å². The van der Waals surface area contributed by atoms with E-state index in [1.54, 1.807) is 42.5 Å². The first kappa shape index (κ1) is 16.4. The summed E-state index contributed by atoms with van der Waals surface area (Å²) in [5, 5.41) is 30.3. The lowest BCUT2D eigenvalue weighted by Gasteiger charge is -2.00. The fourth-order valence-corrected chi connectivity index (χ4v) is 2.75. The van der Waals surface area contributed by atoms with Crippen LogP contribution >= 0.6 is 11.3 Å². The first-order valence-corrected chi connectivity index (χ1v) is 8.09. The van der Waals surface area contributed by atoms with Crippen LogP contribution in [0.5, 0.6) is 5.75 Å². The van der Waals surface area contributed by atoms with Crippen molar-refractivity contribution in [3.8, 4) is 11.8 Å². The van der Waals surface area contributed by atoms with Crippen LogP contribution in [0, 0.1) is 11.3 Å². The van der Waals surface area contributed by atoms with Gasteiger partial charge in [-0.1, -0.05) is 47.7 Å².